The monoisotopic (exact) mass is 298 g/mol. The van der Waals surface area contributed by atoms with Crippen molar-refractivity contribution in [2.75, 3.05) is 26.2 Å². The van der Waals surface area contributed by atoms with Gasteiger partial charge in [0.1, 0.15) is 0 Å². The minimum absolute atomic E-state index is 0.293. The topological polar surface area (TPSA) is 72.8 Å². The van der Waals surface area contributed by atoms with Gasteiger partial charge in [0.2, 0.25) is 0 Å². The molecule has 1 unspecified atom stereocenters. The molecule has 5 nitrogen and oxygen atoms in total. The molecule has 1 aliphatic heterocycles. The number of hydrogen-bond donors (Lipinski definition) is 3. The molecule has 1 saturated heterocycles. The van der Waals surface area contributed by atoms with Crippen molar-refractivity contribution in [3.05, 3.63) is 0 Å². The van der Waals surface area contributed by atoms with Crippen molar-refractivity contribution in [2.45, 2.75) is 57.6 Å². The first-order valence-corrected chi connectivity index (χ1v) is 8.32. The van der Waals surface area contributed by atoms with Crippen LogP contribution in [0.2, 0.25) is 0 Å². The molecule has 122 valence electrons. The molecule has 3 N–H and O–H groups in total. The van der Waals surface area contributed by atoms with Gasteiger partial charge in [0, 0.05) is 32.2 Å². The molecule has 1 atom stereocenters. The second-order valence-corrected chi connectivity index (χ2v) is 7.14. The van der Waals surface area contributed by atoms with E-state index in [1.807, 2.05) is 13.8 Å². The number of carboxylic acids is 1. The molecular formula is C16H30N2O3. The van der Waals surface area contributed by atoms with E-state index < -0.39 is 17.5 Å². The lowest BCUT2D eigenvalue weighted by molar-refractivity contribution is -0.157. The number of nitrogens with zero attached hydrogens (tertiary/aromatic N) is 1. The van der Waals surface area contributed by atoms with Gasteiger partial charge < -0.3 is 15.5 Å². The van der Waals surface area contributed by atoms with Crippen molar-refractivity contribution < 1.29 is 15.0 Å². The van der Waals surface area contributed by atoms with E-state index >= 15 is 0 Å². The Bertz CT molecular complexity index is 345. The maximum atomic E-state index is 11.5. The van der Waals surface area contributed by atoms with Crippen LogP contribution < -0.4 is 5.32 Å². The van der Waals surface area contributed by atoms with E-state index in [1.54, 1.807) is 0 Å². The van der Waals surface area contributed by atoms with Crippen LogP contribution in [0.3, 0.4) is 0 Å². The molecule has 2 fully saturated rings. The van der Waals surface area contributed by atoms with Crippen molar-refractivity contribution in [1.29, 1.82) is 0 Å². The summed E-state index contributed by atoms with van der Waals surface area (Å²) < 4.78 is 0. The number of aliphatic hydroxyl groups is 1. The Kier molecular flexibility index (Phi) is 5.63. The number of aliphatic carboxylic acids is 1. The van der Waals surface area contributed by atoms with E-state index in [2.05, 4.69) is 10.2 Å². The van der Waals surface area contributed by atoms with E-state index in [9.17, 15) is 15.0 Å². The molecule has 0 aromatic heterocycles. The van der Waals surface area contributed by atoms with Crippen LogP contribution in [-0.2, 0) is 4.79 Å². The Labute approximate surface area is 127 Å². The first-order chi connectivity index (χ1) is 9.92. The standard InChI is InChI=1S/C16H30N2O3/c1-12(2)11-14(15(19)20)16(21)5-3-13(4-6-16)18-9-7-17-8-10-18/h12-14,17,21H,3-11H2,1-2H3,(H,19,20). The van der Waals surface area contributed by atoms with Gasteiger partial charge in [-0.3, -0.25) is 9.69 Å². The highest BCUT2D eigenvalue weighted by Gasteiger charge is 2.44. The maximum absolute atomic E-state index is 11.5. The molecule has 0 aromatic rings. The van der Waals surface area contributed by atoms with Crippen molar-refractivity contribution in [2.24, 2.45) is 11.8 Å². The summed E-state index contributed by atoms with van der Waals surface area (Å²) >= 11 is 0. The Morgan fingerprint density at radius 2 is 1.86 bits per heavy atom. The predicted octanol–water partition coefficient (Wildman–Crippen LogP) is 1.31. The highest BCUT2D eigenvalue weighted by molar-refractivity contribution is 5.71. The molecule has 5 heteroatoms. The third-order valence-corrected chi connectivity index (χ3v) is 5.14. The Balaban J connectivity index is 1.94. The van der Waals surface area contributed by atoms with Gasteiger partial charge >= 0.3 is 5.97 Å². The van der Waals surface area contributed by atoms with Gasteiger partial charge in [-0.1, -0.05) is 13.8 Å². The van der Waals surface area contributed by atoms with Gasteiger partial charge in [0.05, 0.1) is 11.5 Å². The molecule has 1 saturated carbocycles. The molecule has 0 spiro atoms. The summed E-state index contributed by atoms with van der Waals surface area (Å²) in [5.41, 5.74) is -1.01. The van der Waals surface area contributed by atoms with Crippen molar-refractivity contribution >= 4 is 5.97 Å². The van der Waals surface area contributed by atoms with Crippen LogP contribution >= 0.6 is 0 Å². The highest BCUT2D eigenvalue weighted by Crippen LogP contribution is 2.39. The lowest BCUT2D eigenvalue weighted by Gasteiger charge is -2.44. The van der Waals surface area contributed by atoms with Crippen molar-refractivity contribution in [1.82, 2.24) is 10.2 Å². The second-order valence-electron chi connectivity index (χ2n) is 7.14. The number of nitrogens with one attached hydrogen (secondary N) is 1. The zero-order valence-electron chi connectivity index (χ0n) is 13.3. The first-order valence-electron chi connectivity index (χ1n) is 8.32. The third kappa shape index (κ3) is 4.18. The predicted molar refractivity (Wildman–Crippen MR) is 82.2 cm³/mol. The van der Waals surface area contributed by atoms with Gasteiger partial charge in [-0.15, -0.1) is 0 Å². The molecule has 0 amide bonds. The van der Waals surface area contributed by atoms with E-state index in [4.69, 9.17) is 0 Å². The quantitative estimate of drug-likeness (QED) is 0.714. The molecule has 0 bridgehead atoms. The van der Waals surface area contributed by atoms with Crippen LogP contribution in [0.1, 0.15) is 46.0 Å². The molecule has 1 aliphatic carbocycles. The fraction of sp³-hybridized carbons (Fsp3) is 0.938. The van der Waals surface area contributed by atoms with Crippen LogP contribution in [0.5, 0.6) is 0 Å². The van der Waals surface area contributed by atoms with E-state index in [-0.39, 0.29) is 0 Å². The maximum Gasteiger partial charge on any atom is 0.309 e. The van der Waals surface area contributed by atoms with Gasteiger partial charge in [0.15, 0.2) is 0 Å². The summed E-state index contributed by atoms with van der Waals surface area (Å²) in [6.07, 6.45) is 3.62. The Hall–Kier alpha value is -0.650. The van der Waals surface area contributed by atoms with Crippen LogP contribution in [0.15, 0.2) is 0 Å². The molecule has 0 radical (unpaired) electrons. The van der Waals surface area contributed by atoms with E-state index in [0.29, 0.717) is 31.2 Å². The number of piperazine rings is 1. The Morgan fingerprint density at radius 1 is 1.29 bits per heavy atom. The third-order valence-electron chi connectivity index (χ3n) is 5.14. The van der Waals surface area contributed by atoms with Crippen LogP contribution in [0, 0.1) is 11.8 Å². The van der Waals surface area contributed by atoms with Gasteiger partial charge in [-0.25, -0.2) is 0 Å². The number of carbonyl (C=O) groups is 1. The zero-order chi connectivity index (χ0) is 15.5. The van der Waals surface area contributed by atoms with Crippen molar-refractivity contribution in [3.8, 4) is 0 Å². The van der Waals surface area contributed by atoms with E-state index in [0.717, 1.165) is 39.0 Å². The molecule has 0 aromatic carbocycles. The highest BCUT2D eigenvalue weighted by atomic mass is 16.4. The van der Waals surface area contributed by atoms with Gasteiger partial charge in [0.25, 0.3) is 0 Å². The lowest BCUT2D eigenvalue weighted by Crippen LogP contribution is -2.53. The largest absolute Gasteiger partial charge is 0.481 e. The average Bonchev–Trinajstić information content (AvgIpc) is 2.46. The zero-order valence-corrected chi connectivity index (χ0v) is 13.3. The summed E-state index contributed by atoms with van der Waals surface area (Å²) in [7, 11) is 0. The summed E-state index contributed by atoms with van der Waals surface area (Å²) in [5.74, 6) is -1.17. The second kappa shape index (κ2) is 7.07. The summed E-state index contributed by atoms with van der Waals surface area (Å²) in [5, 5.41) is 23.7. The first kappa shape index (κ1) is 16.7. The Morgan fingerprint density at radius 3 is 2.33 bits per heavy atom. The van der Waals surface area contributed by atoms with Crippen LogP contribution in [0.25, 0.3) is 0 Å². The molecule has 2 aliphatic rings. The molecule has 1 heterocycles. The fourth-order valence-corrected chi connectivity index (χ4v) is 3.88. The minimum Gasteiger partial charge on any atom is -0.481 e. The minimum atomic E-state index is -1.01. The molecule has 2 rings (SSSR count). The van der Waals surface area contributed by atoms with Crippen molar-refractivity contribution in [3.63, 3.8) is 0 Å². The van der Waals surface area contributed by atoms with Gasteiger partial charge in [-0.05, 0) is 38.0 Å². The summed E-state index contributed by atoms with van der Waals surface area (Å²) in [6.45, 7) is 8.24. The van der Waals surface area contributed by atoms with Crippen LogP contribution in [0.4, 0.5) is 0 Å². The normalized spacial score (nSPS) is 33.0. The number of rotatable bonds is 5. The molecule has 21 heavy (non-hydrogen) atoms. The average molecular weight is 298 g/mol. The molecular weight excluding hydrogens is 268 g/mol. The smallest absolute Gasteiger partial charge is 0.309 e. The lowest BCUT2D eigenvalue weighted by atomic mass is 9.71. The fourth-order valence-electron chi connectivity index (χ4n) is 3.88. The summed E-state index contributed by atoms with van der Waals surface area (Å²) in [4.78, 5) is 14.0. The summed E-state index contributed by atoms with van der Waals surface area (Å²) in [6, 6.07) is 0.515. The number of carboxylic acid groups (broad SMARTS) is 1. The van der Waals surface area contributed by atoms with Crippen LogP contribution in [-0.4, -0.2) is 58.9 Å². The van der Waals surface area contributed by atoms with Gasteiger partial charge in [-0.2, -0.15) is 0 Å². The van der Waals surface area contributed by atoms with E-state index in [1.165, 1.54) is 0 Å². The number of hydrogen-bond acceptors (Lipinski definition) is 4. The SMILES string of the molecule is CC(C)CC(C(=O)O)C1(O)CCC(N2CCNCC2)CC1.